The third kappa shape index (κ3) is 4.58. The summed E-state index contributed by atoms with van der Waals surface area (Å²) in [5.41, 5.74) is 10.8. The first-order valence-corrected chi connectivity index (χ1v) is 7.08. The van der Waals surface area contributed by atoms with Gasteiger partial charge in [0, 0.05) is 0 Å². The summed E-state index contributed by atoms with van der Waals surface area (Å²) in [6.07, 6.45) is 3.91. The molecule has 0 aliphatic carbocycles. The monoisotopic (exact) mass is 260 g/mol. The zero-order valence-electron chi connectivity index (χ0n) is 11.0. The Hall–Kier alpha value is -0.710. The molecule has 0 radical (unpaired) electrons. The maximum atomic E-state index is 11.7. The molecule has 0 aliphatic rings. The highest BCUT2D eigenvalue weighted by atomic mass is 32.2. The van der Waals surface area contributed by atoms with E-state index in [1.54, 1.807) is 0 Å². The Bertz CT molecular complexity index is 271. The molecule has 0 aromatic heterocycles. The molecule has 0 bridgehead atoms. The van der Waals surface area contributed by atoms with Crippen LogP contribution in [0.1, 0.15) is 52.9 Å². The van der Waals surface area contributed by atoms with Crippen molar-refractivity contribution in [3.63, 3.8) is 0 Å². The molecule has 0 saturated heterocycles. The largest absolute Gasteiger partial charge is 0.369 e. The molecule has 0 heterocycles. The Morgan fingerprint density at radius 3 is 2.12 bits per heavy atom. The van der Waals surface area contributed by atoms with Crippen molar-refractivity contribution in [2.75, 3.05) is 0 Å². The second kappa shape index (κ2) is 7.58. The highest BCUT2D eigenvalue weighted by Gasteiger charge is 2.38. The molecule has 4 N–H and O–H groups in total. The number of hydrogen-bond donors (Lipinski definition) is 2. The number of primary amides is 2. The van der Waals surface area contributed by atoms with E-state index in [0.29, 0.717) is 19.3 Å². The molecule has 0 aromatic carbocycles. The van der Waals surface area contributed by atoms with E-state index >= 15 is 0 Å². The Balaban J connectivity index is 4.89. The predicted octanol–water partition coefficient (Wildman–Crippen LogP) is 1.81. The molecule has 17 heavy (non-hydrogen) atoms. The molecule has 0 unspecified atom stereocenters. The molecule has 2 atom stereocenters. The summed E-state index contributed by atoms with van der Waals surface area (Å²) >= 11 is 1.34. The number of amides is 2. The molecule has 100 valence electrons. The van der Waals surface area contributed by atoms with Gasteiger partial charge in [0.15, 0.2) is 0 Å². The summed E-state index contributed by atoms with van der Waals surface area (Å²) in [5.74, 6) is -0.703. The molecule has 4 nitrogen and oxygen atoms in total. The number of nitrogens with two attached hydrogens (primary N) is 2. The summed E-state index contributed by atoms with van der Waals surface area (Å²) in [7, 11) is 0. The van der Waals surface area contributed by atoms with E-state index in [1.807, 2.05) is 13.8 Å². The lowest BCUT2D eigenvalue weighted by molar-refractivity contribution is -0.120. The second-order valence-corrected chi connectivity index (χ2v) is 5.82. The van der Waals surface area contributed by atoms with Crippen molar-refractivity contribution >= 4 is 23.6 Å². The van der Waals surface area contributed by atoms with Crippen LogP contribution in [0.3, 0.4) is 0 Å². The van der Waals surface area contributed by atoms with Crippen molar-refractivity contribution in [2.24, 2.45) is 11.5 Å². The van der Waals surface area contributed by atoms with Gasteiger partial charge < -0.3 is 11.5 Å². The van der Waals surface area contributed by atoms with Crippen LogP contribution in [0.4, 0.5) is 0 Å². The molecule has 5 heteroatoms. The fraction of sp³-hybridized carbons (Fsp3) is 0.833. The van der Waals surface area contributed by atoms with Gasteiger partial charge in [0.1, 0.15) is 0 Å². The molecule has 2 amide bonds. The first-order valence-electron chi connectivity index (χ1n) is 6.20. The quantitative estimate of drug-likeness (QED) is 0.663. The Kier molecular flexibility index (Phi) is 7.27. The number of thioether (sulfide) groups is 1. The summed E-state index contributed by atoms with van der Waals surface area (Å²) in [6, 6.07) is 0. The predicted molar refractivity (Wildman–Crippen MR) is 72.6 cm³/mol. The Labute approximate surface area is 108 Å². The summed E-state index contributed by atoms with van der Waals surface area (Å²) in [6.45, 7) is 5.89. The van der Waals surface area contributed by atoms with Gasteiger partial charge >= 0.3 is 0 Å². The van der Waals surface area contributed by atoms with E-state index in [4.69, 9.17) is 11.5 Å². The molecule has 0 aliphatic heterocycles. The van der Waals surface area contributed by atoms with Gasteiger partial charge in [-0.05, 0) is 19.3 Å². The van der Waals surface area contributed by atoms with Crippen molar-refractivity contribution in [3.05, 3.63) is 0 Å². The van der Waals surface area contributed by atoms with Crippen molar-refractivity contribution < 1.29 is 9.59 Å². The first kappa shape index (κ1) is 16.3. The van der Waals surface area contributed by atoms with E-state index in [-0.39, 0.29) is 17.1 Å². The van der Waals surface area contributed by atoms with Crippen LogP contribution in [0.25, 0.3) is 0 Å². The molecule has 0 rings (SSSR count). The van der Waals surface area contributed by atoms with E-state index in [1.165, 1.54) is 11.8 Å². The van der Waals surface area contributed by atoms with Crippen LogP contribution in [0, 0.1) is 0 Å². The zero-order chi connectivity index (χ0) is 13.5. The SMILES string of the molecule is CCCC[C@](CC)(S[C@@H](CC)C(N)=O)C(N)=O. The van der Waals surface area contributed by atoms with E-state index in [0.717, 1.165) is 12.8 Å². The second-order valence-electron chi connectivity index (χ2n) is 4.23. The Morgan fingerprint density at radius 2 is 1.82 bits per heavy atom. The normalized spacial score (nSPS) is 16.2. The number of carbonyl (C=O) groups excluding carboxylic acids is 2. The van der Waals surface area contributed by atoms with E-state index < -0.39 is 4.75 Å². The summed E-state index contributed by atoms with van der Waals surface area (Å²) in [4.78, 5) is 23.0. The van der Waals surface area contributed by atoms with E-state index in [9.17, 15) is 9.59 Å². The van der Waals surface area contributed by atoms with Crippen molar-refractivity contribution in [1.29, 1.82) is 0 Å². The highest BCUT2D eigenvalue weighted by molar-refractivity contribution is 8.02. The lowest BCUT2D eigenvalue weighted by Crippen LogP contribution is -2.43. The average Bonchev–Trinajstić information content (AvgIpc) is 2.29. The van der Waals surface area contributed by atoms with Gasteiger partial charge in [-0.3, -0.25) is 9.59 Å². The minimum atomic E-state index is -0.647. The van der Waals surface area contributed by atoms with Crippen molar-refractivity contribution in [2.45, 2.75) is 62.9 Å². The van der Waals surface area contributed by atoms with Gasteiger partial charge in [-0.15, -0.1) is 11.8 Å². The van der Waals surface area contributed by atoms with Gasteiger partial charge in [0.2, 0.25) is 11.8 Å². The Morgan fingerprint density at radius 1 is 1.24 bits per heavy atom. The van der Waals surface area contributed by atoms with Gasteiger partial charge in [-0.2, -0.15) is 0 Å². The van der Waals surface area contributed by atoms with Crippen LogP contribution in [0.2, 0.25) is 0 Å². The minimum Gasteiger partial charge on any atom is -0.369 e. The lowest BCUT2D eigenvalue weighted by atomic mass is 9.97. The third-order valence-electron chi connectivity index (χ3n) is 3.01. The molecule has 0 aromatic rings. The standard InChI is InChI=1S/C12H24N2O2S/c1-4-7-8-12(6-3,11(14)16)17-9(5-2)10(13)15/h9H,4-8H2,1-3H3,(H2,13,15)(H2,14,16)/t9-,12-/m0/s1. The average molecular weight is 260 g/mol. The zero-order valence-corrected chi connectivity index (χ0v) is 11.8. The van der Waals surface area contributed by atoms with Crippen LogP contribution < -0.4 is 11.5 Å². The lowest BCUT2D eigenvalue weighted by Gasteiger charge is -2.31. The minimum absolute atomic E-state index is 0.334. The molecule has 0 saturated carbocycles. The van der Waals surface area contributed by atoms with Crippen LogP contribution in [-0.2, 0) is 9.59 Å². The highest BCUT2D eigenvalue weighted by Crippen LogP contribution is 2.38. The van der Waals surface area contributed by atoms with Crippen LogP contribution in [0.5, 0.6) is 0 Å². The number of carbonyl (C=O) groups is 2. The summed E-state index contributed by atoms with van der Waals surface area (Å²) < 4.78 is -0.647. The van der Waals surface area contributed by atoms with Crippen LogP contribution >= 0.6 is 11.8 Å². The smallest absolute Gasteiger partial charge is 0.233 e. The fourth-order valence-corrected chi connectivity index (χ4v) is 3.12. The van der Waals surface area contributed by atoms with Crippen LogP contribution in [-0.4, -0.2) is 21.8 Å². The van der Waals surface area contributed by atoms with Gasteiger partial charge in [-0.25, -0.2) is 0 Å². The number of rotatable bonds is 9. The molecular weight excluding hydrogens is 236 g/mol. The third-order valence-corrected chi connectivity index (χ3v) is 5.01. The van der Waals surface area contributed by atoms with Gasteiger partial charge in [0.05, 0.1) is 10.00 Å². The van der Waals surface area contributed by atoms with Crippen molar-refractivity contribution in [1.82, 2.24) is 0 Å². The van der Waals surface area contributed by atoms with Gasteiger partial charge in [0.25, 0.3) is 0 Å². The van der Waals surface area contributed by atoms with Crippen LogP contribution in [0.15, 0.2) is 0 Å². The maximum Gasteiger partial charge on any atom is 0.233 e. The fourth-order valence-electron chi connectivity index (χ4n) is 1.75. The number of hydrogen-bond acceptors (Lipinski definition) is 3. The summed E-state index contributed by atoms with van der Waals surface area (Å²) in [5, 5.41) is -0.334. The molecule has 0 fully saturated rings. The molecular formula is C12H24N2O2S. The molecule has 0 spiro atoms. The number of unbranched alkanes of at least 4 members (excludes halogenated alkanes) is 1. The maximum absolute atomic E-state index is 11.7. The van der Waals surface area contributed by atoms with Crippen molar-refractivity contribution in [3.8, 4) is 0 Å². The van der Waals surface area contributed by atoms with Gasteiger partial charge in [-0.1, -0.05) is 33.6 Å². The first-order chi connectivity index (χ1) is 7.93. The topological polar surface area (TPSA) is 86.2 Å². The van der Waals surface area contributed by atoms with E-state index in [2.05, 4.69) is 6.92 Å².